The van der Waals surface area contributed by atoms with Crippen molar-refractivity contribution < 1.29 is 4.79 Å². The van der Waals surface area contributed by atoms with Gasteiger partial charge in [0.25, 0.3) is 5.91 Å². The molecule has 0 aliphatic carbocycles. The van der Waals surface area contributed by atoms with Gasteiger partial charge in [0.2, 0.25) is 0 Å². The van der Waals surface area contributed by atoms with Gasteiger partial charge in [-0.05, 0) is 13.8 Å². The Morgan fingerprint density at radius 3 is 2.87 bits per heavy atom. The zero-order valence-corrected chi connectivity index (χ0v) is 9.05. The minimum Gasteiger partial charge on any atom is -0.303 e. The van der Waals surface area contributed by atoms with Gasteiger partial charge in [0, 0.05) is 11.3 Å². The second-order valence-electron chi connectivity index (χ2n) is 3.07. The maximum absolute atomic E-state index is 11.6. The smallest absolute Gasteiger partial charge is 0.278 e. The van der Waals surface area contributed by atoms with Crippen molar-refractivity contribution in [3.63, 3.8) is 0 Å². The van der Waals surface area contributed by atoms with Gasteiger partial charge in [0.05, 0.1) is 17.9 Å². The highest BCUT2D eigenvalue weighted by Crippen LogP contribution is 2.14. The number of anilines is 1. The normalized spacial score (nSPS) is 10.3. The minimum atomic E-state index is -0.293. The molecule has 0 bridgehead atoms. The molecule has 0 aliphatic heterocycles. The molecule has 0 aromatic carbocycles. The molecular formula is C8H9N5OS. The molecule has 2 aromatic heterocycles. The molecule has 0 atom stereocenters. The highest BCUT2D eigenvalue weighted by atomic mass is 32.1. The molecule has 1 amide bonds. The van der Waals surface area contributed by atoms with Crippen LogP contribution in [0.3, 0.4) is 0 Å². The van der Waals surface area contributed by atoms with Crippen molar-refractivity contribution in [2.75, 3.05) is 5.32 Å². The molecule has 2 rings (SSSR count). The van der Waals surface area contributed by atoms with Gasteiger partial charge in [-0.25, -0.2) is 0 Å². The van der Waals surface area contributed by atoms with Crippen LogP contribution >= 0.6 is 11.7 Å². The van der Waals surface area contributed by atoms with Crippen molar-refractivity contribution in [2.24, 2.45) is 0 Å². The van der Waals surface area contributed by atoms with Crippen LogP contribution in [0.2, 0.25) is 0 Å². The molecule has 6 nitrogen and oxygen atoms in total. The lowest BCUT2D eigenvalue weighted by Crippen LogP contribution is -2.13. The van der Waals surface area contributed by atoms with Gasteiger partial charge >= 0.3 is 0 Å². The molecule has 78 valence electrons. The number of aromatic amines is 1. The summed E-state index contributed by atoms with van der Waals surface area (Å²) in [5.41, 5.74) is 2.16. The van der Waals surface area contributed by atoms with E-state index in [2.05, 4.69) is 24.3 Å². The third-order valence-electron chi connectivity index (χ3n) is 2.08. The Kier molecular flexibility index (Phi) is 2.46. The van der Waals surface area contributed by atoms with Crippen LogP contribution in [0, 0.1) is 13.8 Å². The van der Waals surface area contributed by atoms with E-state index in [1.54, 1.807) is 0 Å². The third kappa shape index (κ3) is 1.86. The topological polar surface area (TPSA) is 83.6 Å². The Hall–Kier alpha value is -1.76. The van der Waals surface area contributed by atoms with Crippen molar-refractivity contribution in [3.8, 4) is 0 Å². The number of carbonyl (C=O) groups is 1. The average Bonchev–Trinajstić information content (AvgIpc) is 2.83. The zero-order valence-electron chi connectivity index (χ0n) is 8.24. The molecule has 0 saturated heterocycles. The Balaban J connectivity index is 2.16. The average molecular weight is 223 g/mol. The van der Waals surface area contributed by atoms with Gasteiger partial charge in [-0.3, -0.25) is 9.89 Å². The molecule has 0 saturated carbocycles. The summed E-state index contributed by atoms with van der Waals surface area (Å²) in [5, 5.41) is 9.41. The molecule has 2 aromatic rings. The lowest BCUT2D eigenvalue weighted by molar-refractivity contribution is 0.102. The number of rotatable bonds is 2. The lowest BCUT2D eigenvalue weighted by Gasteiger charge is -1.99. The standard InChI is InChI=1S/C8H9N5OS/c1-4-5(2)11-12-7(4)10-8(14)6-3-9-15-13-6/h3H,1-2H3,(H2,10,11,12,14). The van der Waals surface area contributed by atoms with Crippen LogP contribution < -0.4 is 5.32 Å². The minimum absolute atomic E-state index is 0.293. The SMILES string of the molecule is Cc1[nH]nc(NC(=O)c2cnsn2)c1C. The molecule has 7 heteroatoms. The fourth-order valence-electron chi connectivity index (χ4n) is 1.04. The number of nitrogens with one attached hydrogen (secondary N) is 2. The van der Waals surface area contributed by atoms with Gasteiger partial charge in [-0.15, -0.1) is 0 Å². The van der Waals surface area contributed by atoms with Crippen LogP contribution in [-0.2, 0) is 0 Å². The van der Waals surface area contributed by atoms with Gasteiger partial charge in [0.1, 0.15) is 0 Å². The van der Waals surface area contributed by atoms with Gasteiger partial charge < -0.3 is 5.32 Å². The number of carbonyl (C=O) groups excluding carboxylic acids is 1. The molecule has 0 radical (unpaired) electrons. The number of hydrogen-bond acceptors (Lipinski definition) is 5. The van der Waals surface area contributed by atoms with E-state index in [1.807, 2.05) is 13.8 Å². The van der Waals surface area contributed by atoms with E-state index in [0.717, 1.165) is 23.0 Å². The predicted molar refractivity (Wildman–Crippen MR) is 55.9 cm³/mol. The van der Waals surface area contributed by atoms with Crippen molar-refractivity contribution in [2.45, 2.75) is 13.8 Å². The molecule has 0 aliphatic rings. The first-order valence-electron chi connectivity index (χ1n) is 4.29. The third-order valence-corrected chi connectivity index (χ3v) is 2.56. The first-order chi connectivity index (χ1) is 7.18. The number of nitrogens with zero attached hydrogens (tertiary/aromatic N) is 3. The summed E-state index contributed by atoms with van der Waals surface area (Å²) in [4.78, 5) is 11.6. The monoisotopic (exact) mass is 223 g/mol. The van der Waals surface area contributed by atoms with Gasteiger partial charge in [0.15, 0.2) is 11.5 Å². The van der Waals surface area contributed by atoms with E-state index in [1.165, 1.54) is 6.20 Å². The number of hydrogen-bond donors (Lipinski definition) is 2. The van der Waals surface area contributed by atoms with E-state index in [9.17, 15) is 4.79 Å². The van der Waals surface area contributed by atoms with Crippen molar-refractivity contribution in [3.05, 3.63) is 23.1 Å². The molecule has 0 fully saturated rings. The summed E-state index contributed by atoms with van der Waals surface area (Å²) < 4.78 is 7.58. The van der Waals surface area contributed by atoms with Crippen LogP contribution in [0.4, 0.5) is 5.82 Å². The Morgan fingerprint density at radius 1 is 1.53 bits per heavy atom. The fraction of sp³-hybridized carbons (Fsp3) is 0.250. The summed E-state index contributed by atoms with van der Waals surface area (Å²) in [6.07, 6.45) is 1.43. The zero-order chi connectivity index (χ0) is 10.8. The summed E-state index contributed by atoms with van der Waals surface area (Å²) >= 11 is 0.999. The number of H-pyrrole nitrogens is 1. The fourth-order valence-corrected chi connectivity index (χ4v) is 1.46. The van der Waals surface area contributed by atoms with E-state index >= 15 is 0 Å². The maximum Gasteiger partial charge on any atom is 0.278 e. The molecule has 2 heterocycles. The van der Waals surface area contributed by atoms with Crippen LogP contribution in [0.5, 0.6) is 0 Å². The van der Waals surface area contributed by atoms with Crippen molar-refractivity contribution in [1.29, 1.82) is 0 Å². The molecule has 2 N–H and O–H groups in total. The highest BCUT2D eigenvalue weighted by Gasteiger charge is 2.12. The van der Waals surface area contributed by atoms with Crippen LogP contribution in [0.25, 0.3) is 0 Å². The van der Waals surface area contributed by atoms with Crippen LogP contribution in [0.1, 0.15) is 21.7 Å². The first kappa shape index (κ1) is 9.78. The largest absolute Gasteiger partial charge is 0.303 e. The second-order valence-corrected chi connectivity index (χ2v) is 3.63. The maximum atomic E-state index is 11.6. The first-order valence-corrected chi connectivity index (χ1v) is 5.02. The lowest BCUT2D eigenvalue weighted by atomic mass is 10.3. The second kappa shape index (κ2) is 3.77. The Morgan fingerprint density at radius 2 is 2.33 bits per heavy atom. The van der Waals surface area contributed by atoms with Crippen LogP contribution in [0.15, 0.2) is 6.20 Å². The Bertz CT molecular complexity index is 475. The summed E-state index contributed by atoms with van der Waals surface area (Å²) in [7, 11) is 0. The quantitative estimate of drug-likeness (QED) is 0.799. The molecule has 15 heavy (non-hydrogen) atoms. The molecular weight excluding hydrogens is 214 g/mol. The number of aryl methyl sites for hydroxylation is 1. The summed E-state index contributed by atoms with van der Waals surface area (Å²) in [6.45, 7) is 3.77. The summed E-state index contributed by atoms with van der Waals surface area (Å²) in [6, 6.07) is 0. The van der Waals surface area contributed by atoms with E-state index < -0.39 is 0 Å². The van der Waals surface area contributed by atoms with E-state index in [-0.39, 0.29) is 5.91 Å². The van der Waals surface area contributed by atoms with Gasteiger partial charge in [-0.1, -0.05) is 0 Å². The van der Waals surface area contributed by atoms with Crippen molar-refractivity contribution in [1.82, 2.24) is 18.9 Å². The van der Waals surface area contributed by atoms with Crippen LogP contribution in [-0.4, -0.2) is 24.9 Å². The predicted octanol–water partition coefficient (Wildman–Crippen LogP) is 1.13. The number of aromatic nitrogens is 4. The van der Waals surface area contributed by atoms with Gasteiger partial charge in [-0.2, -0.15) is 13.8 Å². The highest BCUT2D eigenvalue weighted by molar-refractivity contribution is 6.99. The summed E-state index contributed by atoms with van der Waals surface area (Å²) in [5.74, 6) is 0.240. The van der Waals surface area contributed by atoms with E-state index in [4.69, 9.17) is 0 Å². The molecule has 0 unspecified atom stereocenters. The van der Waals surface area contributed by atoms with Crippen molar-refractivity contribution >= 4 is 23.5 Å². The number of amides is 1. The Labute approximate surface area is 90.1 Å². The van der Waals surface area contributed by atoms with E-state index in [0.29, 0.717) is 11.5 Å². The molecule has 0 spiro atoms.